The molecule has 0 atom stereocenters. The molecule has 9 heteroatoms. The lowest BCUT2D eigenvalue weighted by molar-refractivity contribution is -0.114. The lowest BCUT2D eigenvalue weighted by Crippen LogP contribution is -2.35. The molecule has 0 aromatic heterocycles. The van der Waals surface area contributed by atoms with Crippen molar-refractivity contribution in [2.75, 3.05) is 19.8 Å². The summed E-state index contributed by atoms with van der Waals surface area (Å²) in [6.45, 7) is 3.75. The van der Waals surface area contributed by atoms with Gasteiger partial charge in [-0.25, -0.2) is 0 Å². The van der Waals surface area contributed by atoms with Gasteiger partial charge in [-0.2, -0.15) is 15.1 Å². The molecule has 2 aromatic carbocycles. The van der Waals surface area contributed by atoms with Crippen LogP contribution in [0.4, 0.5) is 0 Å². The first-order valence-corrected chi connectivity index (χ1v) is 15.5. The van der Waals surface area contributed by atoms with E-state index in [1.807, 2.05) is 48.5 Å². The Balaban J connectivity index is 1.08. The summed E-state index contributed by atoms with van der Waals surface area (Å²) in [4.78, 5) is 17.0. The zero-order valence-corrected chi connectivity index (χ0v) is 24.5. The number of carbonyl (C=O) groups is 1. The van der Waals surface area contributed by atoms with Crippen LogP contribution in [0.25, 0.3) is 6.08 Å². The zero-order chi connectivity index (χ0) is 28.4. The van der Waals surface area contributed by atoms with E-state index in [2.05, 4.69) is 17.0 Å². The molecule has 216 valence electrons. The summed E-state index contributed by atoms with van der Waals surface area (Å²) in [5, 5.41) is 16.3. The number of nitrogens with zero attached hydrogens (tertiary/aromatic N) is 3. The van der Waals surface area contributed by atoms with Crippen LogP contribution in [0.15, 0.2) is 64.2 Å². The van der Waals surface area contributed by atoms with Crippen molar-refractivity contribution < 1.29 is 19.0 Å². The summed E-state index contributed by atoms with van der Waals surface area (Å²) in [5.74, 6) is 2.39. The maximum absolute atomic E-state index is 12.8. The van der Waals surface area contributed by atoms with E-state index in [1.165, 1.54) is 55.3 Å². The third kappa shape index (κ3) is 7.79. The monoisotopic (exact) mass is 574 g/mol. The number of hydrogen-bond acceptors (Lipinski definition) is 7. The van der Waals surface area contributed by atoms with Crippen LogP contribution < -0.4 is 14.2 Å². The highest BCUT2D eigenvalue weighted by atomic mass is 32.2. The van der Waals surface area contributed by atoms with E-state index in [0.29, 0.717) is 30.0 Å². The van der Waals surface area contributed by atoms with E-state index in [-0.39, 0.29) is 11.4 Å². The van der Waals surface area contributed by atoms with Gasteiger partial charge in [-0.3, -0.25) is 10.2 Å². The fourth-order valence-corrected chi connectivity index (χ4v) is 6.08. The predicted octanol–water partition coefficient (Wildman–Crippen LogP) is 7.30. The molecule has 1 N–H and O–H groups in total. The molecule has 0 saturated heterocycles. The highest BCUT2D eigenvalue weighted by Gasteiger charge is 2.37. The lowest BCUT2D eigenvalue weighted by Gasteiger charge is -2.20. The molecule has 2 heterocycles. The molecule has 1 aliphatic carbocycles. The Bertz CT molecular complexity index is 1300. The third-order valence-electron chi connectivity index (χ3n) is 7.33. The number of benzene rings is 2. The molecule has 0 bridgehead atoms. The molecule has 0 unspecified atom stereocenters. The normalized spacial score (nSPS) is 18.3. The molecular weight excluding hydrogens is 536 g/mol. The van der Waals surface area contributed by atoms with Crippen LogP contribution in [0, 0.1) is 11.3 Å². The van der Waals surface area contributed by atoms with Gasteiger partial charge in [-0.1, -0.05) is 57.6 Å². The second kappa shape index (κ2) is 14.3. The van der Waals surface area contributed by atoms with Crippen LogP contribution in [0.2, 0.25) is 0 Å². The van der Waals surface area contributed by atoms with Crippen molar-refractivity contribution in [1.82, 2.24) is 5.01 Å². The molecule has 0 radical (unpaired) electrons. The summed E-state index contributed by atoms with van der Waals surface area (Å²) >= 11 is 1.44. The second-order valence-electron chi connectivity index (χ2n) is 10.4. The molecule has 3 aliphatic rings. The van der Waals surface area contributed by atoms with Gasteiger partial charge in [-0.15, -0.1) is 0 Å². The van der Waals surface area contributed by atoms with Crippen LogP contribution in [0.5, 0.6) is 17.2 Å². The van der Waals surface area contributed by atoms with Crippen LogP contribution in [-0.4, -0.2) is 46.8 Å². The number of ether oxygens (including phenoxy) is 3. The third-order valence-corrected chi connectivity index (χ3v) is 8.40. The van der Waals surface area contributed by atoms with E-state index in [4.69, 9.17) is 19.6 Å². The van der Waals surface area contributed by atoms with Crippen LogP contribution >= 0.6 is 11.8 Å². The molecule has 2 aliphatic heterocycles. The minimum Gasteiger partial charge on any atom is -0.494 e. The van der Waals surface area contributed by atoms with Gasteiger partial charge in [0.2, 0.25) is 5.17 Å². The van der Waals surface area contributed by atoms with Gasteiger partial charge >= 0.3 is 0 Å². The Morgan fingerprint density at radius 3 is 2.12 bits per heavy atom. The molecule has 1 amide bonds. The Morgan fingerprint density at radius 2 is 1.49 bits per heavy atom. The van der Waals surface area contributed by atoms with Gasteiger partial charge < -0.3 is 14.2 Å². The van der Waals surface area contributed by atoms with Crippen molar-refractivity contribution in [3.05, 3.63) is 59.7 Å². The number of hydrogen-bond donors (Lipinski definition) is 1. The van der Waals surface area contributed by atoms with E-state index in [9.17, 15) is 4.79 Å². The SMILES string of the molecule is CCCCCCOc1ccc(OCCOc2ccc(/C=C3/C(=N)N4N=C(C5CCCCC5)SC4=NC3=O)cc2)cc1. The lowest BCUT2D eigenvalue weighted by atomic mass is 9.90. The first-order valence-electron chi connectivity index (χ1n) is 14.7. The molecule has 8 nitrogen and oxygen atoms in total. The quantitative estimate of drug-likeness (QED) is 0.199. The Labute approximate surface area is 246 Å². The average Bonchev–Trinajstić information content (AvgIpc) is 3.43. The fourth-order valence-electron chi connectivity index (χ4n) is 5.02. The number of fused-ring (bicyclic) bond motifs is 1. The number of aliphatic imine (C=N–C) groups is 1. The predicted molar refractivity (Wildman–Crippen MR) is 165 cm³/mol. The van der Waals surface area contributed by atoms with Crippen LogP contribution in [-0.2, 0) is 4.79 Å². The van der Waals surface area contributed by atoms with Crippen molar-refractivity contribution >= 4 is 39.8 Å². The molecule has 5 rings (SSSR count). The number of amides is 1. The van der Waals surface area contributed by atoms with Crippen molar-refractivity contribution in [2.45, 2.75) is 64.7 Å². The second-order valence-corrected chi connectivity index (χ2v) is 11.4. The van der Waals surface area contributed by atoms with E-state index >= 15 is 0 Å². The number of amidine groups is 2. The number of nitrogens with one attached hydrogen (secondary N) is 1. The molecule has 1 fully saturated rings. The van der Waals surface area contributed by atoms with Crippen molar-refractivity contribution in [1.29, 1.82) is 5.41 Å². The maximum atomic E-state index is 12.8. The number of unbranched alkanes of at least 4 members (excludes halogenated alkanes) is 3. The number of thioether (sulfide) groups is 1. The van der Waals surface area contributed by atoms with Crippen molar-refractivity contribution in [2.24, 2.45) is 16.0 Å². The summed E-state index contributed by atoms with van der Waals surface area (Å²) in [6.07, 6.45) is 12.3. The maximum Gasteiger partial charge on any atom is 0.283 e. The number of carbonyl (C=O) groups excluding carboxylic acids is 1. The summed E-state index contributed by atoms with van der Waals surface area (Å²) in [5.41, 5.74) is 1.02. The minimum absolute atomic E-state index is 0.0716. The minimum atomic E-state index is -0.405. The number of rotatable bonds is 13. The Hall–Kier alpha value is -3.59. The molecule has 1 saturated carbocycles. The van der Waals surface area contributed by atoms with Crippen molar-refractivity contribution in [3.63, 3.8) is 0 Å². The highest BCUT2D eigenvalue weighted by molar-refractivity contribution is 8.27. The number of hydrazone groups is 1. The smallest absolute Gasteiger partial charge is 0.283 e. The first-order chi connectivity index (χ1) is 20.1. The van der Waals surface area contributed by atoms with Gasteiger partial charge in [-0.05, 0) is 79.1 Å². The van der Waals surface area contributed by atoms with Gasteiger partial charge in [0.25, 0.3) is 5.91 Å². The molecule has 41 heavy (non-hydrogen) atoms. The largest absolute Gasteiger partial charge is 0.494 e. The topological polar surface area (TPSA) is 96.6 Å². The molecule has 0 spiro atoms. The Kier molecular flexibility index (Phi) is 10.1. The van der Waals surface area contributed by atoms with Crippen LogP contribution in [0.1, 0.15) is 70.3 Å². The van der Waals surface area contributed by atoms with E-state index in [0.717, 1.165) is 48.0 Å². The van der Waals surface area contributed by atoms with Crippen molar-refractivity contribution in [3.8, 4) is 17.2 Å². The average molecular weight is 575 g/mol. The summed E-state index contributed by atoms with van der Waals surface area (Å²) < 4.78 is 17.4. The standard InChI is InChI=1S/C32H38N4O4S/c1-2-3-4-8-19-38-26-15-17-27(18-16-26)40-21-20-39-25-13-11-23(12-14-25)22-28-29(33)36-32(34-30(28)37)41-31(35-36)24-9-6-5-7-10-24/h11-18,22,24,33H,2-10,19-21H2,1H3/b28-22-,33-29?. The van der Waals surface area contributed by atoms with Crippen LogP contribution in [0.3, 0.4) is 0 Å². The molecular formula is C32H38N4O4S. The molecule has 2 aromatic rings. The zero-order valence-electron chi connectivity index (χ0n) is 23.6. The van der Waals surface area contributed by atoms with Gasteiger partial charge in [0.1, 0.15) is 35.5 Å². The van der Waals surface area contributed by atoms with E-state index < -0.39 is 5.91 Å². The first kappa shape index (κ1) is 28.9. The van der Waals surface area contributed by atoms with Gasteiger partial charge in [0, 0.05) is 5.92 Å². The fraction of sp³-hybridized carbons (Fsp3) is 0.438. The van der Waals surface area contributed by atoms with Gasteiger partial charge in [0.15, 0.2) is 5.84 Å². The summed E-state index contributed by atoms with van der Waals surface area (Å²) in [6, 6.07) is 15.1. The Morgan fingerprint density at radius 1 is 0.878 bits per heavy atom. The van der Waals surface area contributed by atoms with Gasteiger partial charge in [0.05, 0.1) is 12.2 Å². The highest BCUT2D eigenvalue weighted by Crippen LogP contribution is 2.36. The summed E-state index contributed by atoms with van der Waals surface area (Å²) in [7, 11) is 0. The van der Waals surface area contributed by atoms with E-state index in [1.54, 1.807) is 6.08 Å².